The lowest BCUT2D eigenvalue weighted by Gasteiger charge is -2.19. The van der Waals surface area contributed by atoms with Gasteiger partial charge in [0.1, 0.15) is 0 Å². The van der Waals surface area contributed by atoms with E-state index in [1.54, 1.807) is 25.1 Å². The third-order valence-corrected chi connectivity index (χ3v) is 7.00. The van der Waals surface area contributed by atoms with Gasteiger partial charge in [0.25, 0.3) is 0 Å². The quantitative estimate of drug-likeness (QED) is 0.530. The van der Waals surface area contributed by atoms with E-state index in [2.05, 4.69) is 10.4 Å². The first-order valence-corrected chi connectivity index (χ1v) is 10.2. The molecule has 0 aromatic heterocycles. The molecule has 0 aliphatic rings. The van der Waals surface area contributed by atoms with Crippen molar-refractivity contribution in [3.8, 4) is 0 Å². The summed E-state index contributed by atoms with van der Waals surface area (Å²) in [5.41, 5.74) is 0.582. The molecule has 0 radical (unpaired) electrons. The number of anilines is 1. The first-order chi connectivity index (χ1) is 9.40. The van der Waals surface area contributed by atoms with Gasteiger partial charge in [0.15, 0.2) is 5.11 Å². The Balaban J connectivity index is 2.73. The van der Waals surface area contributed by atoms with Crippen molar-refractivity contribution >= 4 is 64.3 Å². The van der Waals surface area contributed by atoms with E-state index in [9.17, 15) is 4.57 Å². The highest BCUT2D eigenvalue weighted by Crippen LogP contribution is 2.55. The van der Waals surface area contributed by atoms with E-state index in [1.807, 2.05) is 6.92 Å². The molecule has 0 saturated heterocycles. The molecule has 1 aromatic carbocycles. The Morgan fingerprint density at radius 2 is 2.15 bits per heavy atom. The van der Waals surface area contributed by atoms with E-state index >= 15 is 0 Å². The van der Waals surface area contributed by atoms with E-state index in [-0.39, 0.29) is 5.11 Å². The molecule has 0 saturated carbocycles. The SMILES string of the molecule is CCOP(=O)(NC(=S)Nc1ccc(Cl)cc1Cl)SCC. The first-order valence-electron chi connectivity index (χ1n) is 5.83. The normalized spacial score (nSPS) is 13.6. The van der Waals surface area contributed by atoms with Gasteiger partial charge in [0.05, 0.1) is 17.3 Å². The van der Waals surface area contributed by atoms with Gasteiger partial charge in [-0.15, -0.1) is 0 Å². The Bertz CT molecular complexity index is 521. The fourth-order valence-corrected chi connectivity index (χ4v) is 5.62. The Morgan fingerprint density at radius 3 is 2.70 bits per heavy atom. The van der Waals surface area contributed by atoms with Crippen LogP contribution in [0.5, 0.6) is 0 Å². The summed E-state index contributed by atoms with van der Waals surface area (Å²) >= 11 is 18.2. The molecule has 20 heavy (non-hydrogen) atoms. The standard InChI is InChI=1S/C11H15Cl2N2O2PS2/c1-3-17-18(16,20-4-2)15-11(19)14-10-6-5-8(12)7-9(10)13/h5-7H,3-4H2,1-2H3,(H2,14,15,16,19). The predicted molar refractivity (Wildman–Crippen MR) is 93.2 cm³/mol. The fourth-order valence-electron chi connectivity index (χ4n) is 1.31. The summed E-state index contributed by atoms with van der Waals surface area (Å²) < 4.78 is 17.7. The third kappa shape index (κ3) is 5.80. The molecule has 9 heteroatoms. The van der Waals surface area contributed by atoms with Crippen molar-refractivity contribution in [1.82, 2.24) is 5.09 Å². The van der Waals surface area contributed by atoms with Crippen molar-refractivity contribution in [3.63, 3.8) is 0 Å². The topological polar surface area (TPSA) is 50.4 Å². The lowest BCUT2D eigenvalue weighted by Crippen LogP contribution is -2.26. The number of thiocarbonyl (C=S) groups is 1. The maximum absolute atomic E-state index is 12.4. The fraction of sp³-hybridized carbons (Fsp3) is 0.364. The summed E-state index contributed by atoms with van der Waals surface area (Å²) in [6.45, 7) is 0.960. The molecule has 1 rings (SSSR count). The van der Waals surface area contributed by atoms with Crippen LogP contribution in [0.15, 0.2) is 18.2 Å². The zero-order valence-electron chi connectivity index (χ0n) is 11.0. The molecule has 0 amide bonds. The van der Waals surface area contributed by atoms with Crippen LogP contribution in [0.3, 0.4) is 0 Å². The van der Waals surface area contributed by atoms with E-state index in [4.69, 9.17) is 39.9 Å². The minimum atomic E-state index is -3.04. The molecular formula is C11H15Cl2N2O2PS2. The molecule has 0 fully saturated rings. The van der Waals surface area contributed by atoms with Gasteiger partial charge in [-0.3, -0.25) is 9.65 Å². The zero-order valence-corrected chi connectivity index (χ0v) is 15.0. The molecule has 0 heterocycles. The first kappa shape index (κ1) is 18.1. The van der Waals surface area contributed by atoms with Gasteiger partial charge < -0.3 is 9.84 Å². The van der Waals surface area contributed by atoms with Crippen LogP contribution >= 0.6 is 53.5 Å². The van der Waals surface area contributed by atoms with Gasteiger partial charge >= 0.3 is 6.72 Å². The van der Waals surface area contributed by atoms with Crippen LogP contribution in [-0.4, -0.2) is 17.5 Å². The number of hydrogen-bond donors (Lipinski definition) is 2. The molecule has 1 atom stereocenters. The molecule has 1 unspecified atom stereocenters. The molecule has 0 spiro atoms. The summed E-state index contributed by atoms with van der Waals surface area (Å²) in [5.74, 6) is 0.647. The number of hydrogen-bond acceptors (Lipinski definition) is 4. The summed E-state index contributed by atoms with van der Waals surface area (Å²) in [4.78, 5) is 0. The number of nitrogens with one attached hydrogen (secondary N) is 2. The second-order valence-corrected chi connectivity index (χ2v) is 9.30. The monoisotopic (exact) mass is 372 g/mol. The van der Waals surface area contributed by atoms with E-state index < -0.39 is 6.72 Å². The van der Waals surface area contributed by atoms with Gasteiger partial charge in [0, 0.05) is 10.8 Å². The average molecular weight is 373 g/mol. The zero-order chi connectivity index (χ0) is 15.2. The third-order valence-electron chi connectivity index (χ3n) is 2.02. The van der Waals surface area contributed by atoms with Crippen LogP contribution in [0.4, 0.5) is 5.69 Å². The van der Waals surface area contributed by atoms with Gasteiger partial charge in [-0.1, -0.05) is 30.1 Å². The lowest BCUT2D eigenvalue weighted by atomic mass is 10.3. The van der Waals surface area contributed by atoms with Crippen LogP contribution in [0, 0.1) is 0 Å². The summed E-state index contributed by atoms with van der Waals surface area (Å²) in [6.07, 6.45) is 0. The van der Waals surface area contributed by atoms with Gasteiger partial charge in [-0.05, 0) is 48.7 Å². The smallest absolute Gasteiger partial charge is 0.331 e. The van der Waals surface area contributed by atoms with Gasteiger partial charge in [-0.2, -0.15) is 0 Å². The van der Waals surface area contributed by atoms with Crippen molar-refractivity contribution in [2.75, 3.05) is 17.7 Å². The molecule has 1 aromatic rings. The lowest BCUT2D eigenvalue weighted by molar-refractivity contribution is 0.343. The highest BCUT2D eigenvalue weighted by atomic mass is 35.5. The molecule has 112 valence electrons. The number of halogens is 2. The highest BCUT2D eigenvalue weighted by molar-refractivity contribution is 8.56. The van der Waals surface area contributed by atoms with E-state index in [1.165, 1.54) is 11.4 Å². The van der Waals surface area contributed by atoms with Gasteiger partial charge in [0.2, 0.25) is 0 Å². The summed E-state index contributed by atoms with van der Waals surface area (Å²) in [7, 11) is 0. The Labute approximate surface area is 138 Å². The van der Waals surface area contributed by atoms with Gasteiger partial charge in [-0.25, -0.2) is 0 Å². The summed E-state index contributed by atoms with van der Waals surface area (Å²) in [6, 6.07) is 4.97. The minimum Gasteiger partial charge on any atom is -0.331 e. The number of rotatable bonds is 6. The Kier molecular flexibility index (Phi) is 7.65. The van der Waals surface area contributed by atoms with Crippen LogP contribution in [0.1, 0.15) is 13.8 Å². The minimum absolute atomic E-state index is 0.187. The van der Waals surface area contributed by atoms with Crippen LogP contribution in [0.2, 0.25) is 10.0 Å². The Morgan fingerprint density at radius 1 is 1.45 bits per heavy atom. The van der Waals surface area contributed by atoms with Crippen molar-refractivity contribution in [1.29, 1.82) is 0 Å². The molecule has 4 nitrogen and oxygen atoms in total. The van der Waals surface area contributed by atoms with Crippen molar-refractivity contribution < 1.29 is 9.09 Å². The molecule has 0 aliphatic heterocycles. The van der Waals surface area contributed by atoms with Crippen LogP contribution < -0.4 is 10.4 Å². The predicted octanol–water partition coefficient (Wildman–Crippen LogP) is 5.18. The van der Waals surface area contributed by atoms with Crippen LogP contribution in [0.25, 0.3) is 0 Å². The Hall–Kier alpha value is 0.0300. The maximum atomic E-state index is 12.4. The van der Waals surface area contributed by atoms with E-state index in [0.717, 1.165) is 0 Å². The van der Waals surface area contributed by atoms with E-state index in [0.29, 0.717) is 28.1 Å². The second-order valence-electron chi connectivity index (χ2n) is 3.52. The largest absolute Gasteiger partial charge is 0.352 e. The molecule has 0 bridgehead atoms. The molecular weight excluding hydrogens is 358 g/mol. The molecule has 0 aliphatic carbocycles. The number of benzene rings is 1. The molecule has 2 N–H and O–H groups in total. The van der Waals surface area contributed by atoms with Crippen molar-refractivity contribution in [2.24, 2.45) is 0 Å². The van der Waals surface area contributed by atoms with Crippen LogP contribution in [-0.2, 0) is 9.09 Å². The highest BCUT2D eigenvalue weighted by Gasteiger charge is 2.24. The maximum Gasteiger partial charge on any atom is 0.352 e. The van der Waals surface area contributed by atoms with Crippen molar-refractivity contribution in [2.45, 2.75) is 13.8 Å². The average Bonchev–Trinajstić information content (AvgIpc) is 2.33. The second kappa shape index (κ2) is 8.47. The van der Waals surface area contributed by atoms with Crippen molar-refractivity contribution in [3.05, 3.63) is 28.2 Å². The summed E-state index contributed by atoms with van der Waals surface area (Å²) in [5, 5.41) is 6.73.